The van der Waals surface area contributed by atoms with Gasteiger partial charge in [-0.05, 0) is 20.3 Å². The van der Waals surface area contributed by atoms with Crippen LogP contribution in [0.25, 0.3) is 0 Å². The van der Waals surface area contributed by atoms with E-state index in [2.05, 4.69) is 27.5 Å². The van der Waals surface area contributed by atoms with Crippen LogP contribution in [0.4, 0.5) is 11.6 Å². The molecule has 0 aromatic carbocycles. The van der Waals surface area contributed by atoms with Crippen molar-refractivity contribution in [1.29, 1.82) is 0 Å². The first-order valence-electron chi connectivity index (χ1n) is 6.18. The standard InChI is InChI=1S/C12H22N4O/c1-4-6-10-11(13-5-2)14-8-15-12(10)16-9(3)7-17/h8-9,17H,4-7H2,1-3H3,(H2,13,14,15,16). The molecule has 5 nitrogen and oxygen atoms in total. The Morgan fingerprint density at radius 2 is 2.00 bits per heavy atom. The van der Waals surface area contributed by atoms with Crippen LogP contribution in [0.2, 0.25) is 0 Å². The van der Waals surface area contributed by atoms with Gasteiger partial charge in [0, 0.05) is 18.2 Å². The van der Waals surface area contributed by atoms with Gasteiger partial charge >= 0.3 is 0 Å². The van der Waals surface area contributed by atoms with Gasteiger partial charge in [-0.25, -0.2) is 9.97 Å². The van der Waals surface area contributed by atoms with Gasteiger partial charge in [-0.2, -0.15) is 0 Å². The summed E-state index contributed by atoms with van der Waals surface area (Å²) in [7, 11) is 0. The summed E-state index contributed by atoms with van der Waals surface area (Å²) in [4.78, 5) is 8.51. The zero-order valence-electron chi connectivity index (χ0n) is 10.8. The number of hydrogen-bond donors (Lipinski definition) is 3. The van der Waals surface area contributed by atoms with E-state index in [4.69, 9.17) is 5.11 Å². The lowest BCUT2D eigenvalue weighted by Gasteiger charge is -2.17. The Labute approximate surface area is 103 Å². The molecule has 1 heterocycles. The Balaban J connectivity index is 2.96. The highest BCUT2D eigenvalue weighted by molar-refractivity contribution is 5.57. The molecule has 3 N–H and O–H groups in total. The van der Waals surface area contributed by atoms with Crippen molar-refractivity contribution in [2.45, 2.75) is 39.7 Å². The number of aliphatic hydroxyl groups is 1. The van der Waals surface area contributed by atoms with Crippen LogP contribution in [0.3, 0.4) is 0 Å². The summed E-state index contributed by atoms with van der Waals surface area (Å²) in [6.45, 7) is 7.02. The van der Waals surface area contributed by atoms with E-state index in [-0.39, 0.29) is 12.6 Å². The molecular formula is C12H22N4O. The Hall–Kier alpha value is -1.36. The van der Waals surface area contributed by atoms with Crippen molar-refractivity contribution >= 4 is 11.6 Å². The van der Waals surface area contributed by atoms with E-state index in [0.29, 0.717) is 0 Å². The molecule has 0 saturated heterocycles. The number of nitrogens with zero attached hydrogens (tertiary/aromatic N) is 2. The van der Waals surface area contributed by atoms with Crippen molar-refractivity contribution in [2.75, 3.05) is 23.8 Å². The second-order valence-electron chi connectivity index (χ2n) is 4.06. The maximum Gasteiger partial charge on any atom is 0.135 e. The molecular weight excluding hydrogens is 216 g/mol. The van der Waals surface area contributed by atoms with E-state index in [1.165, 1.54) is 0 Å². The Kier molecular flexibility index (Phi) is 5.69. The predicted octanol–water partition coefficient (Wildman–Crippen LogP) is 1.65. The predicted molar refractivity (Wildman–Crippen MR) is 70.4 cm³/mol. The normalized spacial score (nSPS) is 12.2. The number of hydrogen-bond acceptors (Lipinski definition) is 5. The van der Waals surface area contributed by atoms with Gasteiger partial charge in [0.2, 0.25) is 0 Å². The lowest BCUT2D eigenvalue weighted by Crippen LogP contribution is -2.21. The van der Waals surface area contributed by atoms with Crippen molar-refractivity contribution in [3.63, 3.8) is 0 Å². The van der Waals surface area contributed by atoms with Crippen LogP contribution in [0.15, 0.2) is 6.33 Å². The first kappa shape index (κ1) is 13.7. The number of aliphatic hydroxyl groups excluding tert-OH is 1. The summed E-state index contributed by atoms with van der Waals surface area (Å²) in [6, 6.07) is -0.00465. The molecule has 0 spiro atoms. The Morgan fingerprint density at radius 3 is 2.59 bits per heavy atom. The van der Waals surface area contributed by atoms with Gasteiger partial charge in [-0.1, -0.05) is 13.3 Å². The molecule has 0 radical (unpaired) electrons. The summed E-state index contributed by atoms with van der Waals surface area (Å²) in [5, 5.41) is 15.5. The summed E-state index contributed by atoms with van der Waals surface area (Å²) in [6.07, 6.45) is 3.50. The van der Waals surface area contributed by atoms with Gasteiger partial charge < -0.3 is 15.7 Å². The van der Waals surface area contributed by atoms with Gasteiger partial charge in [-0.3, -0.25) is 0 Å². The Morgan fingerprint density at radius 1 is 1.29 bits per heavy atom. The molecule has 0 fully saturated rings. The lowest BCUT2D eigenvalue weighted by molar-refractivity contribution is 0.281. The fourth-order valence-electron chi connectivity index (χ4n) is 1.62. The minimum absolute atomic E-state index is 0.00465. The van der Waals surface area contributed by atoms with Gasteiger partial charge in [0.05, 0.1) is 6.61 Å². The van der Waals surface area contributed by atoms with Crippen molar-refractivity contribution < 1.29 is 5.11 Å². The SMILES string of the molecule is CCCc1c(NCC)ncnc1NC(C)CO. The lowest BCUT2D eigenvalue weighted by atomic mass is 10.1. The molecule has 96 valence electrons. The highest BCUT2D eigenvalue weighted by atomic mass is 16.3. The van der Waals surface area contributed by atoms with Crippen molar-refractivity contribution in [3.05, 3.63) is 11.9 Å². The molecule has 1 rings (SSSR count). The van der Waals surface area contributed by atoms with E-state index >= 15 is 0 Å². The van der Waals surface area contributed by atoms with Crippen LogP contribution in [-0.4, -0.2) is 34.3 Å². The van der Waals surface area contributed by atoms with Crippen LogP contribution in [0.1, 0.15) is 32.8 Å². The zero-order chi connectivity index (χ0) is 12.7. The third-order valence-electron chi connectivity index (χ3n) is 2.45. The van der Waals surface area contributed by atoms with E-state index in [9.17, 15) is 0 Å². The molecule has 1 unspecified atom stereocenters. The number of rotatable bonds is 7. The largest absolute Gasteiger partial charge is 0.394 e. The van der Waals surface area contributed by atoms with Gasteiger partial charge in [0.15, 0.2) is 0 Å². The monoisotopic (exact) mass is 238 g/mol. The van der Waals surface area contributed by atoms with E-state index < -0.39 is 0 Å². The number of aromatic nitrogens is 2. The van der Waals surface area contributed by atoms with Gasteiger partial charge in [-0.15, -0.1) is 0 Å². The third-order valence-corrected chi connectivity index (χ3v) is 2.45. The molecule has 0 bridgehead atoms. The highest BCUT2D eigenvalue weighted by Crippen LogP contribution is 2.22. The van der Waals surface area contributed by atoms with Crippen LogP contribution >= 0.6 is 0 Å². The number of anilines is 2. The second kappa shape index (κ2) is 7.06. The highest BCUT2D eigenvalue weighted by Gasteiger charge is 2.11. The van der Waals surface area contributed by atoms with Crippen molar-refractivity contribution in [1.82, 2.24) is 9.97 Å². The van der Waals surface area contributed by atoms with Gasteiger partial charge in [0.1, 0.15) is 18.0 Å². The van der Waals surface area contributed by atoms with Crippen LogP contribution in [0, 0.1) is 0 Å². The molecule has 17 heavy (non-hydrogen) atoms. The molecule has 1 atom stereocenters. The van der Waals surface area contributed by atoms with Crippen LogP contribution in [0.5, 0.6) is 0 Å². The third kappa shape index (κ3) is 3.85. The van der Waals surface area contributed by atoms with E-state index in [0.717, 1.165) is 36.6 Å². The minimum atomic E-state index is -0.00465. The molecule has 1 aromatic heterocycles. The smallest absolute Gasteiger partial charge is 0.135 e. The first-order chi connectivity index (χ1) is 8.22. The molecule has 5 heteroatoms. The molecule has 0 amide bonds. The molecule has 0 aliphatic rings. The van der Waals surface area contributed by atoms with Crippen LogP contribution in [-0.2, 0) is 6.42 Å². The quantitative estimate of drug-likeness (QED) is 0.674. The maximum absolute atomic E-state index is 9.07. The van der Waals surface area contributed by atoms with Crippen molar-refractivity contribution in [2.24, 2.45) is 0 Å². The summed E-state index contributed by atoms with van der Waals surface area (Å²) in [5.41, 5.74) is 1.09. The first-order valence-corrected chi connectivity index (χ1v) is 6.18. The summed E-state index contributed by atoms with van der Waals surface area (Å²) in [5.74, 6) is 1.70. The van der Waals surface area contributed by atoms with E-state index in [1.807, 2.05) is 13.8 Å². The topological polar surface area (TPSA) is 70.1 Å². The zero-order valence-corrected chi connectivity index (χ0v) is 10.8. The summed E-state index contributed by atoms with van der Waals surface area (Å²) >= 11 is 0. The average Bonchev–Trinajstić information content (AvgIpc) is 2.33. The average molecular weight is 238 g/mol. The molecule has 0 aliphatic carbocycles. The van der Waals surface area contributed by atoms with E-state index in [1.54, 1.807) is 6.33 Å². The fourth-order valence-corrected chi connectivity index (χ4v) is 1.62. The minimum Gasteiger partial charge on any atom is -0.394 e. The second-order valence-corrected chi connectivity index (χ2v) is 4.06. The molecule has 0 saturated carbocycles. The number of nitrogens with one attached hydrogen (secondary N) is 2. The molecule has 1 aromatic rings. The molecule has 0 aliphatic heterocycles. The maximum atomic E-state index is 9.07. The Bertz CT molecular complexity index is 343. The fraction of sp³-hybridized carbons (Fsp3) is 0.667. The van der Waals surface area contributed by atoms with Gasteiger partial charge in [0.25, 0.3) is 0 Å². The van der Waals surface area contributed by atoms with Crippen molar-refractivity contribution in [3.8, 4) is 0 Å². The summed E-state index contributed by atoms with van der Waals surface area (Å²) < 4.78 is 0. The van der Waals surface area contributed by atoms with Crippen LogP contribution < -0.4 is 10.6 Å².